The minimum atomic E-state index is 1.08. The molecule has 2 heteroatoms. The Hall–Kier alpha value is -0.630. The van der Waals surface area contributed by atoms with Gasteiger partial charge in [0.15, 0.2) is 5.70 Å². The molecule has 54 valence electrons. The van der Waals surface area contributed by atoms with Crippen molar-refractivity contribution in [3.05, 3.63) is 11.4 Å². The standard InChI is InChI=1S/C8H14N2/c1-9(2)6-5-7-8(6)10(7,3)4/h5H2,1-4H3/q+2. The average Bonchev–Trinajstić information content (AvgIpc) is 1.92. The van der Waals surface area contributed by atoms with E-state index in [0.717, 1.165) is 4.48 Å². The molecule has 2 aliphatic rings. The first-order chi connectivity index (χ1) is 4.55. The van der Waals surface area contributed by atoms with Gasteiger partial charge in [0.05, 0.1) is 14.1 Å². The molecule has 0 spiro atoms. The Labute approximate surface area is 61.7 Å². The van der Waals surface area contributed by atoms with Crippen LogP contribution in [0.15, 0.2) is 11.4 Å². The monoisotopic (exact) mass is 138 g/mol. The first-order valence-electron chi connectivity index (χ1n) is 3.67. The summed E-state index contributed by atoms with van der Waals surface area (Å²) >= 11 is 0. The van der Waals surface area contributed by atoms with Crippen LogP contribution in [0.1, 0.15) is 6.42 Å². The molecule has 2 nitrogen and oxygen atoms in total. The molecular formula is C8H14N2+2. The predicted octanol–water partition coefficient (Wildman–Crippen LogP) is 0.405. The van der Waals surface area contributed by atoms with Gasteiger partial charge < -0.3 is 0 Å². The van der Waals surface area contributed by atoms with Crippen LogP contribution in [-0.2, 0) is 0 Å². The van der Waals surface area contributed by atoms with E-state index in [9.17, 15) is 0 Å². The van der Waals surface area contributed by atoms with E-state index < -0.39 is 0 Å². The Kier molecular flexibility index (Phi) is 0.822. The molecule has 2 rings (SSSR count). The first kappa shape index (κ1) is 6.10. The third-order valence-corrected chi connectivity index (χ3v) is 2.61. The van der Waals surface area contributed by atoms with Crippen molar-refractivity contribution in [2.24, 2.45) is 0 Å². The molecule has 0 bridgehead atoms. The Bertz CT molecular complexity index is 265. The van der Waals surface area contributed by atoms with Crippen LogP contribution < -0.4 is 0 Å². The van der Waals surface area contributed by atoms with E-state index in [4.69, 9.17) is 0 Å². The quantitative estimate of drug-likeness (QED) is 0.337. The summed E-state index contributed by atoms with van der Waals surface area (Å²) in [5.41, 5.74) is 4.73. The van der Waals surface area contributed by atoms with Gasteiger partial charge in [0, 0.05) is 0 Å². The zero-order valence-corrected chi connectivity index (χ0v) is 7.10. The third-order valence-electron chi connectivity index (χ3n) is 2.61. The second-order valence-electron chi connectivity index (χ2n) is 3.77. The van der Waals surface area contributed by atoms with Crippen molar-refractivity contribution in [3.8, 4) is 0 Å². The highest BCUT2D eigenvalue weighted by Crippen LogP contribution is 2.51. The molecule has 1 aliphatic carbocycles. The molecule has 0 saturated carbocycles. The fourth-order valence-electron chi connectivity index (χ4n) is 1.75. The number of rotatable bonds is 0. The van der Waals surface area contributed by atoms with Crippen LogP contribution in [0.4, 0.5) is 0 Å². The minimum absolute atomic E-state index is 1.08. The average molecular weight is 138 g/mol. The Morgan fingerprint density at radius 1 is 1.30 bits per heavy atom. The minimum Gasteiger partial charge on any atom is -0.251 e. The summed E-state index contributed by atoms with van der Waals surface area (Å²) in [7, 11) is 8.75. The van der Waals surface area contributed by atoms with E-state index in [2.05, 4.69) is 32.8 Å². The van der Waals surface area contributed by atoms with Crippen molar-refractivity contribution in [1.29, 1.82) is 0 Å². The number of hydrogen-bond acceptors (Lipinski definition) is 0. The van der Waals surface area contributed by atoms with E-state index in [1.807, 2.05) is 0 Å². The normalized spacial score (nSPS) is 25.8. The van der Waals surface area contributed by atoms with Crippen LogP contribution in [0.3, 0.4) is 0 Å². The zero-order valence-electron chi connectivity index (χ0n) is 7.10. The summed E-state index contributed by atoms with van der Waals surface area (Å²) in [5.74, 6) is 0. The van der Waals surface area contributed by atoms with Gasteiger partial charge in [-0.15, -0.1) is 0 Å². The maximum atomic E-state index is 2.25. The topological polar surface area (TPSA) is 3.01 Å². The number of quaternary nitrogens is 1. The fraction of sp³-hybridized carbons (Fsp3) is 0.625. The third kappa shape index (κ3) is 0.465. The number of allylic oxidation sites excluding steroid dienone is 2. The van der Waals surface area contributed by atoms with Gasteiger partial charge in [0.25, 0.3) is 11.4 Å². The summed E-state index contributed by atoms with van der Waals surface area (Å²) in [6.45, 7) is 0. The summed E-state index contributed by atoms with van der Waals surface area (Å²) in [4.78, 5) is 0. The van der Waals surface area contributed by atoms with Gasteiger partial charge in [-0.1, -0.05) is 0 Å². The Morgan fingerprint density at radius 3 is 2.00 bits per heavy atom. The lowest BCUT2D eigenvalue weighted by Gasteiger charge is -1.99. The molecule has 10 heavy (non-hydrogen) atoms. The highest BCUT2D eigenvalue weighted by Gasteiger charge is 2.64. The largest absolute Gasteiger partial charge is 0.262 e. The summed E-state index contributed by atoms with van der Waals surface area (Å²) < 4.78 is 3.30. The summed E-state index contributed by atoms with van der Waals surface area (Å²) in [5, 5.41) is 0. The van der Waals surface area contributed by atoms with Gasteiger partial charge in [-0.3, -0.25) is 4.48 Å². The van der Waals surface area contributed by atoms with Crippen LogP contribution in [0, 0.1) is 0 Å². The molecule has 0 atom stereocenters. The molecule has 0 fully saturated rings. The predicted molar refractivity (Wildman–Crippen MR) is 40.9 cm³/mol. The van der Waals surface area contributed by atoms with E-state index in [0.29, 0.717) is 0 Å². The van der Waals surface area contributed by atoms with Crippen molar-refractivity contribution >= 4 is 5.71 Å². The van der Waals surface area contributed by atoms with Gasteiger partial charge in [-0.05, 0) is 0 Å². The van der Waals surface area contributed by atoms with Crippen LogP contribution in [0.25, 0.3) is 0 Å². The van der Waals surface area contributed by atoms with Gasteiger partial charge >= 0.3 is 0 Å². The van der Waals surface area contributed by atoms with Gasteiger partial charge in [-0.2, -0.15) is 0 Å². The molecule has 1 heterocycles. The highest BCUT2D eigenvalue weighted by atomic mass is 15.5. The van der Waals surface area contributed by atoms with Crippen molar-refractivity contribution in [2.75, 3.05) is 28.2 Å². The molecule has 0 unspecified atom stereocenters. The van der Waals surface area contributed by atoms with Crippen molar-refractivity contribution in [2.45, 2.75) is 6.42 Å². The molecule has 0 radical (unpaired) electrons. The molecule has 1 aliphatic heterocycles. The summed E-state index contributed by atoms with van der Waals surface area (Å²) in [6, 6.07) is 0. The van der Waals surface area contributed by atoms with Crippen molar-refractivity contribution in [1.82, 2.24) is 0 Å². The van der Waals surface area contributed by atoms with Gasteiger partial charge in [0.2, 0.25) is 0 Å². The van der Waals surface area contributed by atoms with Crippen LogP contribution in [0.2, 0.25) is 0 Å². The smallest absolute Gasteiger partial charge is 0.251 e. The van der Waals surface area contributed by atoms with Crippen LogP contribution >= 0.6 is 0 Å². The van der Waals surface area contributed by atoms with Gasteiger partial charge in [0.1, 0.15) is 20.5 Å². The number of nitrogens with zero attached hydrogens (tertiary/aromatic N) is 2. The van der Waals surface area contributed by atoms with E-state index in [1.54, 1.807) is 11.4 Å². The van der Waals surface area contributed by atoms with E-state index in [-0.39, 0.29) is 0 Å². The lowest BCUT2D eigenvalue weighted by Crippen LogP contribution is -2.18. The molecule has 0 saturated heterocycles. The zero-order chi connectivity index (χ0) is 7.52. The Morgan fingerprint density at radius 2 is 1.90 bits per heavy atom. The van der Waals surface area contributed by atoms with Crippen LogP contribution in [0.5, 0.6) is 0 Å². The Balaban J connectivity index is 2.31. The number of likely N-dealkylation sites (tertiary alicyclic amines) is 1. The second kappa shape index (κ2) is 1.35. The van der Waals surface area contributed by atoms with Gasteiger partial charge in [-0.25, -0.2) is 4.58 Å². The maximum absolute atomic E-state index is 2.25. The highest BCUT2D eigenvalue weighted by molar-refractivity contribution is 6.06. The molecule has 0 aromatic rings. The molecular weight excluding hydrogens is 124 g/mol. The first-order valence-corrected chi connectivity index (χ1v) is 3.67. The lowest BCUT2D eigenvalue weighted by molar-refractivity contribution is -0.734. The van der Waals surface area contributed by atoms with Crippen molar-refractivity contribution in [3.63, 3.8) is 0 Å². The maximum Gasteiger partial charge on any atom is 0.262 e. The molecule has 0 aromatic heterocycles. The fourth-order valence-corrected chi connectivity index (χ4v) is 1.75. The van der Waals surface area contributed by atoms with E-state index in [1.165, 1.54) is 12.1 Å². The molecule has 0 aromatic carbocycles. The summed E-state index contributed by atoms with van der Waals surface area (Å²) in [6.07, 6.45) is 1.22. The van der Waals surface area contributed by atoms with Crippen molar-refractivity contribution < 1.29 is 9.06 Å². The molecule has 0 N–H and O–H groups in total. The SMILES string of the molecule is C[N+](C)=C1CC2=C1[N+]2(C)C. The number of hydrogen-bond donors (Lipinski definition) is 0. The second-order valence-corrected chi connectivity index (χ2v) is 3.77. The molecule has 0 amide bonds. The lowest BCUT2D eigenvalue weighted by atomic mass is 10.1. The van der Waals surface area contributed by atoms with Crippen LogP contribution in [-0.4, -0.2) is 43.0 Å². The van der Waals surface area contributed by atoms with E-state index >= 15 is 0 Å².